The molecule has 1 saturated carbocycles. The summed E-state index contributed by atoms with van der Waals surface area (Å²) in [6.07, 6.45) is 5.71. The predicted molar refractivity (Wildman–Crippen MR) is 100 cm³/mol. The lowest BCUT2D eigenvalue weighted by molar-refractivity contribution is -0.135. The normalized spacial score (nSPS) is 14.5. The molecule has 0 radical (unpaired) electrons. The number of nitrogens with two attached hydrogens (primary N) is 1. The molecule has 1 aromatic carbocycles. The Morgan fingerprint density at radius 3 is 2.72 bits per heavy atom. The molecule has 1 heterocycles. The van der Waals surface area contributed by atoms with Gasteiger partial charge in [-0.3, -0.25) is 9.78 Å². The molecule has 25 heavy (non-hydrogen) atoms. The topological polar surface area (TPSA) is 68.5 Å². The van der Waals surface area contributed by atoms with E-state index in [0.717, 1.165) is 29.5 Å². The highest BCUT2D eigenvalue weighted by molar-refractivity contribution is 5.85. The van der Waals surface area contributed by atoms with Gasteiger partial charge in [0.1, 0.15) is 6.04 Å². The number of aromatic nitrogens is 1. The summed E-state index contributed by atoms with van der Waals surface area (Å²) in [5.74, 6) is -0.0360. The lowest BCUT2D eigenvalue weighted by Gasteiger charge is -2.25. The molecular weight excluding hydrogens is 338 g/mol. The number of amides is 1. The third-order valence-electron chi connectivity index (χ3n) is 4.21. The Hall–Kier alpha value is -1.95. The molecule has 1 aromatic heterocycles. The molecule has 0 bridgehead atoms. The Balaban J connectivity index is 0.00000225. The molecule has 2 N–H and O–H groups in total. The highest BCUT2D eigenvalue weighted by Crippen LogP contribution is 2.29. The molecule has 0 aliphatic heterocycles. The Morgan fingerprint density at radius 1 is 1.32 bits per heavy atom. The first kappa shape index (κ1) is 19.4. The van der Waals surface area contributed by atoms with Crippen molar-refractivity contribution in [2.75, 3.05) is 13.7 Å². The third-order valence-corrected chi connectivity index (χ3v) is 4.21. The minimum atomic E-state index is -0.600. The monoisotopic (exact) mass is 361 g/mol. The van der Waals surface area contributed by atoms with E-state index in [1.807, 2.05) is 35.4 Å². The van der Waals surface area contributed by atoms with Crippen molar-refractivity contribution in [3.05, 3.63) is 54.4 Å². The zero-order valence-corrected chi connectivity index (χ0v) is 15.1. The number of rotatable bonds is 7. The first-order valence-electron chi connectivity index (χ1n) is 8.23. The highest BCUT2D eigenvalue weighted by Gasteiger charge is 2.34. The van der Waals surface area contributed by atoms with Gasteiger partial charge < -0.3 is 15.4 Å². The van der Waals surface area contributed by atoms with Crippen molar-refractivity contribution in [2.45, 2.75) is 31.5 Å². The summed E-state index contributed by atoms with van der Waals surface area (Å²) in [6, 6.07) is 11.9. The van der Waals surface area contributed by atoms with Crippen molar-refractivity contribution >= 4 is 18.3 Å². The van der Waals surface area contributed by atoms with Crippen LogP contribution >= 0.6 is 12.4 Å². The maximum absolute atomic E-state index is 12.6. The van der Waals surface area contributed by atoms with E-state index in [9.17, 15) is 4.79 Å². The van der Waals surface area contributed by atoms with Crippen LogP contribution in [0.1, 0.15) is 18.4 Å². The summed E-state index contributed by atoms with van der Waals surface area (Å²) in [7, 11) is 1.56. The smallest absolute Gasteiger partial charge is 0.242 e. The molecule has 1 unspecified atom stereocenters. The molecule has 3 rings (SSSR count). The van der Waals surface area contributed by atoms with E-state index >= 15 is 0 Å². The van der Waals surface area contributed by atoms with Crippen LogP contribution in [0.2, 0.25) is 0 Å². The van der Waals surface area contributed by atoms with Gasteiger partial charge in [0, 0.05) is 32.1 Å². The Morgan fingerprint density at radius 2 is 2.08 bits per heavy atom. The molecule has 0 saturated heterocycles. The van der Waals surface area contributed by atoms with Gasteiger partial charge in [-0.2, -0.15) is 0 Å². The maximum atomic E-state index is 12.6. The number of nitrogens with zero attached hydrogens (tertiary/aromatic N) is 2. The van der Waals surface area contributed by atoms with Gasteiger partial charge in [0.25, 0.3) is 0 Å². The quantitative estimate of drug-likeness (QED) is 0.823. The molecule has 0 spiro atoms. The minimum Gasteiger partial charge on any atom is -0.383 e. The van der Waals surface area contributed by atoms with Gasteiger partial charge in [-0.25, -0.2) is 0 Å². The molecule has 5 nitrogen and oxygen atoms in total. The molecule has 1 fully saturated rings. The maximum Gasteiger partial charge on any atom is 0.242 e. The lowest BCUT2D eigenvalue weighted by Crippen LogP contribution is -2.46. The van der Waals surface area contributed by atoms with Crippen LogP contribution in [0.4, 0.5) is 0 Å². The van der Waals surface area contributed by atoms with Crippen LogP contribution < -0.4 is 5.73 Å². The summed E-state index contributed by atoms with van der Waals surface area (Å²) in [5, 5.41) is 0. The van der Waals surface area contributed by atoms with Crippen molar-refractivity contribution in [3.8, 4) is 11.1 Å². The fraction of sp³-hybridized carbons (Fsp3) is 0.368. The number of hydrogen-bond acceptors (Lipinski definition) is 4. The first-order valence-corrected chi connectivity index (χ1v) is 8.23. The second kappa shape index (κ2) is 8.94. The van der Waals surface area contributed by atoms with E-state index in [1.165, 1.54) is 0 Å². The molecule has 1 aliphatic rings. The van der Waals surface area contributed by atoms with Gasteiger partial charge in [-0.15, -0.1) is 12.4 Å². The minimum absolute atomic E-state index is 0. The van der Waals surface area contributed by atoms with Crippen LogP contribution in [0.25, 0.3) is 11.1 Å². The van der Waals surface area contributed by atoms with E-state index < -0.39 is 6.04 Å². The van der Waals surface area contributed by atoms with Gasteiger partial charge in [0.15, 0.2) is 0 Å². The largest absolute Gasteiger partial charge is 0.383 e. The van der Waals surface area contributed by atoms with E-state index in [2.05, 4.69) is 17.1 Å². The summed E-state index contributed by atoms with van der Waals surface area (Å²) in [4.78, 5) is 18.6. The molecule has 2 aromatic rings. The van der Waals surface area contributed by atoms with Gasteiger partial charge in [0.2, 0.25) is 5.91 Å². The number of halogens is 1. The van der Waals surface area contributed by atoms with E-state index in [1.54, 1.807) is 13.3 Å². The molecule has 134 valence electrons. The SMILES string of the molecule is COCC(N)C(=O)N(Cc1cccc(-c2cccnc2)c1)C1CC1.Cl. The van der Waals surface area contributed by atoms with Crippen molar-refractivity contribution in [1.29, 1.82) is 0 Å². The van der Waals surface area contributed by atoms with Crippen LogP contribution in [-0.2, 0) is 16.1 Å². The molecule has 1 aliphatic carbocycles. The van der Waals surface area contributed by atoms with Crippen molar-refractivity contribution in [3.63, 3.8) is 0 Å². The zero-order valence-electron chi connectivity index (χ0n) is 14.3. The fourth-order valence-corrected chi connectivity index (χ4v) is 2.82. The van der Waals surface area contributed by atoms with Crippen LogP contribution in [0.5, 0.6) is 0 Å². The Kier molecular flexibility index (Phi) is 6.93. The van der Waals surface area contributed by atoms with E-state index in [0.29, 0.717) is 12.6 Å². The number of benzene rings is 1. The molecular formula is C19H24ClN3O2. The van der Waals surface area contributed by atoms with Crippen LogP contribution in [0, 0.1) is 0 Å². The average molecular weight is 362 g/mol. The number of pyridine rings is 1. The fourth-order valence-electron chi connectivity index (χ4n) is 2.82. The summed E-state index contributed by atoms with van der Waals surface area (Å²) in [6.45, 7) is 0.826. The van der Waals surface area contributed by atoms with Crippen molar-refractivity contribution < 1.29 is 9.53 Å². The first-order chi connectivity index (χ1) is 11.7. The van der Waals surface area contributed by atoms with Crippen LogP contribution in [-0.4, -0.2) is 41.6 Å². The van der Waals surface area contributed by atoms with Gasteiger partial charge in [-0.1, -0.05) is 24.3 Å². The number of carbonyl (C=O) groups is 1. The number of hydrogen-bond donors (Lipinski definition) is 1. The number of carbonyl (C=O) groups excluding carboxylic acids is 1. The molecule has 6 heteroatoms. The zero-order chi connectivity index (χ0) is 16.9. The third kappa shape index (κ3) is 5.01. The summed E-state index contributed by atoms with van der Waals surface area (Å²) >= 11 is 0. The molecule has 1 atom stereocenters. The second-order valence-electron chi connectivity index (χ2n) is 6.20. The Bertz CT molecular complexity index is 692. The van der Waals surface area contributed by atoms with Gasteiger partial charge in [0.05, 0.1) is 6.61 Å². The van der Waals surface area contributed by atoms with Gasteiger partial charge in [-0.05, 0) is 41.7 Å². The highest BCUT2D eigenvalue weighted by atomic mass is 35.5. The number of ether oxygens (including phenoxy) is 1. The van der Waals surface area contributed by atoms with Crippen molar-refractivity contribution in [1.82, 2.24) is 9.88 Å². The second-order valence-corrected chi connectivity index (χ2v) is 6.20. The van der Waals surface area contributed by atoms with Gasteiger partial charge >= 0.3 is 0 Å². The summed E-state index contributed by atoms with van der Waals surface area (Å²) in [5.41, 5.74) is 9.21. The standard InChI is InChI=1S/C19H23N3O2.ClH/c1-24-13-18(20)19(23)22(17-7-8-17)12-14-4-2-5-15(10-14)16-6-3-9-21-11-16;/h2-6,9-11,17-18H,7-8,12-13,20H2,1H3;1H. The average Bonchev–Trinajstić information content (AvgIpc) is 3.45. The Labute approximate surface area is 154 Å². The van der Waals surface area contributed by atoms with E-state index in [4.69, 9.17) is 10.5 Å². The van der Waals surface area contributed by atoms with Crippen LogP contribution in [0.3, 0.4) is 0 Å². The summed E-state index contributed by atoms with van der Waals surface area (Å²) < 4.78 is 5.02. The number of methoxy groups -OCH3 is 1. The molecule has 1 amide bonds. The predicted octanol–water partition coefficient (Wildman–Crippen LogP) is 2.64. The van der Waals surface area contributed by atoms with Crippen molar-refractivity contribution in [2.24, 2.45) is 5.73 Å². The van der Waals surface area contributed by atoms with Crippen LogP contribution in [0.15, 0.2) is 48.8 Å². The lowest BCUT2D eigenvalue weighted by atomic mass is 10.0. The van der Waals surface area contributed by atoms with E-state index in [-0.39, 0.29) is 24.9 Å².